The number of anilines is 1. The van der Waals surface area contributed by atoms with Crippen LogP contribution >= 0.6 is 0 Å². The van der Waals surface area contributed by atoms with Crippen LogP contribution in [0.4, 0.5) is 5.69 Å². The summed E-state index contributed by atoms with van der Waals surface area (Å²) in [5, 5.41) is 6.16. The number of rotatable bonds is 7. The fraction of sp³-hybridized carbons (Fsp3) is 0.250. The molecule has 0 fully saturated rings. The van der Waals surface area contributed by atoms with Gasteiger partial charge in [-0.2, -0.15) is 0 Å². The van der Waals surface area contributed by atoms with E-state index in [1.807, 2.05) is 30.3 Å². The zero-order valence-electron chi connectivity index (χ0n) is 16.6. The first-order valence-corrected chi connectivity index (χ1v) is 10.1. The molecule has 1 aromatic heterocycles. The lowest BCUT2D eigenvalue weighted by Gasteiger charge is -2.26. The fourth-order valence-electron chi connectivity index (χ4n) is 3.76. The van der Waals surface area contributed by atoms with Crippen LogP contribution in [-0.2, 0) is 22.5 Å². The van der Waals surface area contributed by atoms with Gasteiger partial charge >= 0.3 is 5.97 Å². The van der Waals surface area contributed by atoms with Gasteiger partial charge in [-0.25, -0.2) is 4.79 Å². The van der Waals surface area contributed by atoms with Crippen molar-refractivity contribution in [2.24, 2.45) is 0 Å². The van der Waals surface area contributed by atoms with Gasteiger partial charge in [0.15, 0.2) is 6.61 Å². The van der Waals surface area contributed by atoms with E-state index in [-0.39, 0.29) is 18.6 Å². The first kappa shape index (κ1) is 19.8. The molecule has 3 aromatic rings. The predicted octanol–water partition coefficient (Wildman–Crippen LogP) is 4.24. The number of hydrogen-bond donors (Lipinski definition) is 2. The number of aryl methyl sites for hydroxylation is 1. The molecule has 1 heterocycles. The summed E-state index contributed by atoms with van der Waals surface area (Å²) in [6.45, 7) is 0.128. The van der Waals surface area contributed by atoms with Gasteiger partial charge in [0.25, 0.3) is 5.91 Å². The molecule has 30 heavy (non-hydrogen) atoms. The lowest BCUT2D eigenvalue weighted by Crippen LogP contribution is -2.34. The van der Waals surface area contributed by atoms with Crippen LogP contribution in [-0.4, -0.2) is 18.5 Å². The molecule has 1 unspecified atom stereocenters. The number of nitrogens with one attached hydrogen (secondary N) is 2. The Morgan fingerprint density at radius 3 is 2.73 bits per heavy atom. The first-order valence-electron chi connectivity index (χ1n) is 10.1. The summed E-state index contributed by atoms with van der Waals surface area (Å²) in [5.74, 6) is -0.0897. The van der Waals surface area contributed by atoms with Gasteiger partial charge in [-0.05, 0) is 54.7 Å². The zero-order chi connectivity index (χ0) is 20.8. The van der Waals surface area contributed by atoms with E-state index in [1.165, 1.54) is 5.56 Å². The van der Waals surface area contributed by atoms with Crippen molar-refractivity contribution >= 4 is 17.6 Å². The third kappa shape index (κ3) is 4.71. The van der Waals surface area contributed by atoms with Crippen molar-refractivity contribution in [2.75, 3.05) is 11.9 Å². The Bertz CT molecular complexity index is 1010. The Kier molecular flexibility index (Phi) is 6.13. The topological polar surface area (TPSA) is 80.6 Å². The second-order valence-corrected chi connectivity index (χ2v) is 7.27. The van der Waals surface area contributed by atoms with E-state index in [2.05, 4.69) is 16.7 Å². The van der Waals surface area contributed by atoms with Crippen LogP contribution in [0.5, 0.6) is 0 Å². The molecule has 6 heteroatoms. The highest BCUT2D eigenvalue weighted by atomic mass is 16.5. The SMILES string of the molecule is O=C(COC(=O)c1ccccc1NCc1ccco1)NC1CCCc2ccccc21. The summed E-state index contributed by atoms with van der Waals surface area (Å²) in [5.41, 5.74) is 3.42. The summed E-state index contributed by atoms with van der Waals surface area (Å²) < 4.78 is 10.6. The van der Waals surface area contributed by atoms with Crippen LogP contribution < -0.4 is 10.6 Å². The van der Waals surface area contributed by atoms with Gasteiger partial charge in [0.1, 0.15) is 5.76 Å². The third-order valence-corrected chi connectivity index (χ3v) is 5.22. The van der Waals surface area contributed by atoms with Gasteiger partial charge in [-0.15, -0.1) is 0 Å². The number of ether oxygens (including phenoxy) is 1. The number of hydrogen-bond acceptors (Lipinski definition) is 5. The first-order chi connectivity index (χ1) is 14.7. The van der Waals surface area contributed by atoms with E-state index >= 15 is 0 Å². The Balaban J connectivity index is 1.33. The summed E-state index contributed by atoms with van der Waals surface area (Å²) in [7, 11) is 0. The van der Waals surface area contributed by atoms with Crippen molar-refractivity contribution in [3.63, 3.8) is 0 Å². The molecular weight excluding hydrogens is 380 g/mol. The van der Waals surface area contributed by atoms with Gasteiger partial charge in [0.05, 0.1) is 24.4 Å². The highest BCUT2D eigenvalue weighted by molar-refractivity contribution is 5.96. The quantitative estimate of drug-likeness (QED) is 0.576. The largest absolute Gasteiger partial charge is 0.467 e. The van der Waals surface area contributed by atoms with Gasteiger partial charge < -0.3 is 19.8 Å². The molecule has 154 valence electrons. The van der Waals surface area contributed by atoms with Gasteiger partial charge in [-0.3, -0.25) is 4.79 Å². The molecular formula is C24H24N2O4. The Labute approximate surface area is 175 Å². The monoisotopic (exact) mass is 404 g/mol. The number of fused-ring (bicyclic) bond motifs is 1. The highest BCUT2D eigenvalue weighted by Crippen LogP contribution is 2.29. The lowest BCUT2D eigenvalue weighted by molar-refractivity contribution is -0.125. The summed E-state index contributed by atoms with van der Waals surface area (Å²) in [6, 6.07) is 18.8. The van der Waals surface area contributed by atoms with E-state index in [4.69, 9.17) is 9.15 Å². The number of esters is 1. The standard InChI is InChI=1S/C24H24N2O4/c27-23(26-22-13-5-8-17-7-1-2-10-19(17)22)16-30-24(28)20-11-3-4-12-21(20)25-15-18-9-6-14-29-18/h1-4,6-7,9-12,14,22,25H,5,8,13,15-16H2,(H,26,27). The average Bonchev–Trinajstić information content (AvgIpc) is 3.30. The predicted molar refractivity (Wildman–Crippen MR) is 113 cm³/mol. The molecule has 0 saturated heterocycles. The maximum absolute atomic E-state index is 12.6. The number of para-hydroxylation sites is 1. The van der Waals surface area contributed by atoms with Crippen molar-refractivity contribution in [3.05, 3.63) is 89.4 Å². The molecule has 4 rings (SSSR count). The lowest BCUT2D eigenvalue weighted by atomic mass is 9.88. The Morgan fingerprint density at radius 1 is 1.03 bits per heavy atom. The van der Waals surface area contributed by atoms with E-state index in [9.17, 15) is 9.59 Å². The van der Waals surface area contributed by atoms with Gasteiger partial charge in [0.2, 0.25) is 0 Å². The maximum atomic E-state index is 12.6. The number of carbonyl (C=O) groups excluding carboxylic acids is 2. The van der Waals surface area contributed by atoms with Crippen molar-refractivity contribution in [2.45, 2.75) is 31.8 Å². The van der Waals surface area contributed by atoms with Gasteiger partial charge in [-0.1, -0.05) is 36.4 Å². The minimum Gasteiger partial charge on any atom is -0.467 e. The van der Waals surface area contributed by atoms with Crippen LogP contribution in [0.2, 0.25) is 0 Å². The minimum absolute atomic E-state index is 0.0385. The van der Waals surface area contributed by atoms with E-state index < -0.39 is 5.97 Å². The van der Waals surface area contributed by atoms with Gasteiger partial charge in [0, 0.05) is 5.69 Å². The molecule has 2 aromatic carbocycles. The van der Waals surface area contributed by atoms with E-state index in [0.29, 0.717) is 17.8 Å². The molecule has 0 spiro atoms. The number of carbonyl (C=O) groups is 2. The fourth-order valence-corrected chi connectivity index (χ4v) is 3.76. The highest BCUT2D eigenvalue weighted by Gasteiger charge is 2.22. The molecule has 1 aliphatic rings. The molecule has 0 saturated carbocycles. The average molecular weight is 404 g/mol. The van der Waals surface area contributed by atoms with E-state index in [0.717, 1.165) is 30.6 Å². The molecule has 0 aliphatic heterocycles. The van der Waals surface area contributed by atoms with Crippen molar-refractivity contribution in [1.82, 2.24) is 5.32 Å². The van der Waals surface area contributed by atoms with Crippen molar-refractivity contribution in [3.8, 4) is 0 Å². The molecule has 0 bridgehead atoms. The van der Waals surface area contributed by atoms with Crippen LogP contribution in [0, 0.1) is 0 Å². The second kappa shape index (κ2) is 9.31. The molecule has 2 N–H and O–H groups in total. The van der Waals surface area contributed by atoms with Crippen LogP contribution in [0.25, 0.3) is 0 Å². The summed E-state index contributed by atoms with van der Waals surface area (Å²) in [6.07, 6.45) is 4.53. The normalized spacial score (nSPS) is 15.1. The molecule has 6 nitrogen and oxygen atoms in total. The summed E-state index contributed by atoms with van der Waals surface area (Å²) in [4.78, 5) is 25.0. The van der Waals surface area contributed by atoms with Crippen molar-refractivity contribution in [1.29, 1.82) is 0 Å². The molecule has 0 radical (unpaired) electrons. The maximum Gasteiger partial charge on any atom is 0.340 e. The number of benzene rings is 2. The Morgan fingerprint density at radius 2 is 1.87 bits per heavy atom. The molecule has 1 amide bonds. The third-order valence-electron chi connectivity index (χ3n) is 5.22. The van der Waals surface area contributed by atoms with Crippen LogP contribution in [0.3, 0.4) is 0 Å². The van der Waals surface area contributed by atoms with Crippen LogP contribution in [0.15, 0.2) is 71.3 Å². The van der Waals surface area contributed by atoms with Crippen LogP contribution in [0.1, 0.15) is 46.1 Å². The smallest absolute Gasteiger partial charge is 0.340 e. The Hall–Kier alpha value is -3.54. The second-order valence-electron chi connectivity index (χ2n) is 7.27. The number of amides is 1. The number of furan rings is 1. The zero-order valence-corrected chi connectivity index (χ0v) is 16.6. The van der Waals surface area contributed by atoms with E-state index in [1.54, 1.807) is 30.5 Å². The van der Waals surface area contributed by atoms with Crippen molar-refractivity contribution < 1.29 is 18.7 Å². The molecule has 1 atom stereocenters. The molecule has 1 aliphatic carbocycles. The summed E-state index contributed by atoms with van der Waals surface area (Å²) >= 11 is 0. The minimum atomic E-state index is -0.545.